The lowest BCUT2D eigenvalue weighted by atomic mass is 10.1. The number of anilines is 1. The number of rotatable bonds is 6. The Morgan fingerprint density at radius 1 is 1.13 bits per heavy atom. The number of carbonyl (C=O) groups is 1. The molecule has 0 aliphatic heterocycles. The monoisotopic (exact) mass is 376 g/mol. The molecule has 2 rings (SSSR count). The number of methoxy groups -OCH3 is 2. The van der Waals surface area contributed by atoms with E-state index in [1.165, 1.54) is 7.11 Å². The third-order valence-electron chi connectivity index (χ3n) is 3.27. The van der Waals surface area contributed by atoms with Crippen LogP contribution in [0.1, 0.15) is 15.9 Å². The Bertz CT molecular complexity index is 714. The third-order valence-corrected chi connectivity index (χ3v) is 3.80. The summed E-state index contributed by atoms with van der Waals surface area (Å²) in [5.74, 6) is 0.181. The van der Waals surface area contributed by atoms with Crippen molar-refractivity contribution >= 4 is 33.3 Å². The highest BCUT2D eigenvalue weighted by Crippen LogP contribution is 2.26. The molecule has 0 amide bonds. The molecule has 120 valence electrons. The van der Waals surface area contributed by atoms with Gasteiger partial charge in [0.05, 0.1) is 37.7 Å². The van der Waals surface area contributed by atoms with E-state index in [9.17, 15) is 4.79 Å². The Balaban J connectivity index is 2.13. The second-order valence-corrected chi connectivity index (χ2v) is 5.66. The van der Waals surface area contributed by atoms with Crippen LogP contribution in [-0.2, 0) is 4.74 Å². The molecule has 2 N–H and O–H groups in total. The summed E-state index contributed by atoms with van der Waals surface area (Å²) in [7, 11) is 2.89. The van der Waals surface area contributed by atoms with Crippen molar-refractivity contribution in [3.63, 3.8) is 0 Å². The van der Waals surface area contributed by atoms with Gasteiger partial charge in [0.1, 0.15) is 5.75 Å². The van der Waals surface area contributed by atoms with Crippen LogP contribution >= 0.6 is 15.9 Å². The minimum atomic E-state index is -0.418. The van der Waals surface area contributed by atoms with Gasteiger partial charge in [-0.2, -0.15) is 0 Å². The summed E-state index contributed by atoms with van der Waals surface area (Å²) in [5, 5.41) is 11.3. The topological polar surface area (TPSA) is 71.4 Å². The summed E-state index contributed by atoms with van der Waals surface area (Å²) in [4.78, 5) is 11.6. The quantitative estimate of drug-likeness (QED) is 0.595. The molecule has 5 nitrogen and oxygen atoms in total. The maximum Gasteiger partial charge on any atom is 0.337 e. The van der Waals surface area contributed by atoms with E-state index in [2.05, 4.69) is 21.2 Å². The average molecular weight is 377 g/mol. The SMILES string of the molecule is COC(=O)c1ccc(OC)c(NCC(=N)c2ccc(Br)cc2)c1. The van der Waals surface area contributed by atoms with Crippen LogP contribution in [0, 0.1) is 5.41 Å². The zero-order valence-corrected chi connectivity index (χ0v) is 14.4. The average Bonchev–Trinajstić information content (AvgIpc) is 2.59. The molecule has 0 saturated heterocycles. The zero-order chi connectivity index (χ0) is 16.8. The summed E-state index contributed by atoms with van der Waals surface area (Å²) in [6.45, 7) is 0.308. The number of benzene rings is 2. The van der Waals surface area contributed by atoms with Gasteiger partial charge in [-0.3, -0.25) is 0 Å². The summed E-state index contributed by atoms with van der Waals surface area (Å²) in [6, 6.07) is 12.5. The third kappa shape index (κ3) is 4.32. The van der Waals surface area contributed by atoms with Crippen molar-refractivity contribution in [2.24, 2.45) is 0 Å². The zero-order valence-electron chi connectivity index (χ0n) is 12.9. The molecule has 0 atom stereocenters. The van der Waals surface area contributed by atoms with Crippen LogP contribution in [-0.4, -0.2) is 32.4 Å². The normalized spacial score (nSPS) is 10.0. The summed E-state index contributed by atoms with van der Waals surface area (Å²) in [5.41, 5.74) is 2.31. The van der Waals surface area contributed by atoms with E-state index >= 15 is 0 Å². The lowest BCUT2D eigenvalue weighted by Crippen LogP contribution is -2.15. The van der Waals surface area contributed by atoms with Crippen LogP contribution in [0.25, 0.3) is 0 Å². The molecule has 0 heterocycles. The molecule has 23 heavy (non-hydrogen) atoms. The fraction of sp³-hybridized carbons (Fsp3) is 0.176. The van der Waals surface area contributed by atoms with Crippen molar-refractivity contribution in [2.75, 3.05) is 26.1 Å². The number of esters is 1. The lowest BCUT2D eigenvalue weighted by Gasteiger charge is -2.13. The fourth-order valence-corrected chi connectivity index (χ4v) is 2.29. The highest BCUT2D eigenvalue weighted by molar-refractivity contribution is 9.10. The second kappa shape index (κ2) is 7.78. The maximum absolute atomic E-state index is 11.6. The number of carbonyl (C=O) groups excluding carboxylic acids is 1. The number of hydrogen-bond donors (Lipinski definition) is 2. The minimum Gasteiger partial charge on any atom is -0.495 e. The molecule has 6 heteroatoms. The highest BCUT2D eigenvalue weighted by atomic mass is 79.9. The number of halogens is 1. The van der Waals surface area contributed by atoms with Gasteiger partial charge in [-0.1, -0.05) is 28.1 Å². The molecular weight excluding hydrogens is 360 g/mol. The van der Waals surface area contributed by atoms with E-state index in [0.717, 1.165) is 10.0 Å². The largest absolute Gasteiger partial charge is 0.495 e. The predicted molar refractivity (Wildman–Crippen MR) is 93.8 cm³/mol. The van der Waals surface area contributed by atoms with E-state index in [0.29, 0.717) is 29.3 Å². The van der Waals surface area contributed by atoms with Gasteiger partial charge in [0, 0.05) is 4.47 Å². The summed E-state index contributed by atoms with van der Waals surface area (Å²) < 4.78 is 11.0. The first-order chi connectivity index (χ1) is 11.0. The van der Waals surface area contributed by atoms with Crippen molar-refractivity contribution in [3.05, 3.63) is 58.1 Å². The van der Waals surface area contributed by atoms with Crippen molar-refractivity contribution in [1.82, 2.24) is 0 Å². The molecule has 0 bridgehead atoms. The van der Waals surface area contributed by atoms with Gasteiger partial charge in [-0.05, 0) is 35.9 Å². The van der Waals surface area contributed by atoms with E-state index in [1.54, 1.807) is 25.3 Å². The molecule has 0 spiro atoms. The van der Waals surface area contributed by atoms with E-state index in [4.69, 9.17) is 14.9 Å². The van der Waals surface area contributed by atoms with Gasteiger partial charge >= 0.3 is 5.97 Å². The highest BCUT2D eigenvalue weighted by Gasteiger charge is 2.11. The van der Waals surface area contributed by atoms with Gasteiger partial charge in [-0.25, -0.2) is 4.79 Å². The fourth-order valence-electron chi connectivity index (χ4n) is 2.03. The predicted octanol–water partition coefficient (Wildman–Crippen LogP) is 3.72. The number of hydrogen-bond acceptors (Lipinski definition) is 5. The lowest BCUT2D eigenvalue weighted by molar-refractivity contribution is 0.0601. The van der Waals surface area contributed by atoms with Crippen LogP contribution in [0.4, 0.5) is 5.69 Å². The van der Waals surface area contributed by atoms with E-state index < -0.39 is 5.97 Å². The first-order valence-corrected chi connectivity index (χ1v) is 7.68. The molecule has 0 aliphatic rings. The van der Waals surface area contributed by atoms with Gasteiger partial charge < -0.3 is 20.2 Å². The Morgan fingerprint density at radius 2 is 1.78 bits per heavy atom. The number of ether oxygens (including phenoxy) is 2. The van der Waals surface area contributed by atoms with Crippen molar-refractivity contribution in [2.45, 2.75) is 0 Å². The summed E-state index contributed by atoms with van der Waals surface area (Å²) in [6.07, 6.45) is 0. The molecule has 2 aromatic carbocycles. The van der Waals surface area contributed by atoms with Gasteiger partial charge in [-0.15, -0.1) is 0 Å². The van der Waals surface area contributed by atoms with Crippen LogP contribution in [0.5, 0.6) is 5.75 Å². The Kier molecular flexibility index (Phi) is 5.76. The Morgan fingerprint density at radius 3 is 2.39 bits per heavy atom. The first kappa shape index (κ1) is 17.0. The van der Waals surface area contributed by atoms with Crippen molar-refractivity contribution in [3.8, 4) is 5.75 Å². The molecule has 0 unspecified atom stereocenters. The van der Waals surface area contributed by atoms with Crippen LogP contribution < -0.4 is 10.1 Å². The molecule has 0 aliphatic carbocycles. The second-order valence-electron chi connectivity index (χ2n) is 4.75. The van der Waals surface area contributed by atoms with Gasteiger partial charge in [0.2, 0.25) is 0 Å². The summed E-state index contributed by atoms with van der Waals surface area (Å²) >= 11 is 3.37. The Hall–Kier alpha value is -2.34. The molecule has 0 aromatic heterocycles. The van der Waals surface area contributed by atoms with Crippen LogP contribution in [0.3, 0.4) is 0 Å². The van der Waals surface area contributed by atoms with Gasteiger partial charge in [0.15, 0.2) is 0 Å². The van der Waals surface area contributed by atoms with E-state index in [-0.39, 0.29) is 0 Å². The van der Waals surface area contributed by atoms with Crippen LogP contribution in [0.15, 0.2) is 46.9 Å². The first-order valence-electron chi connectivity index (χ1n) is 6.88. The minimum absolute atomic E-state index is 0.308. The van der Waals surface area contributed by atoms with Gasteiger partial charge in [0.25, 0.3) is 0 Å². The molecule has 0 radical (unpaired) electrons. The standard InChI is InChI=1S/C17H17BrN2O3/c1-22-16-8-5-12(17(21)23-2)9-15(16)20-10-14(19)11-3-6-13(18)7-4-11/h3-9,19-20H,10H2,1-2H3. The number of nitrogens with one attached hydrogen (secondary N) is 2. The van der Waals surface area contributed by atoms with Crippen molar-refractivity contribution in [1.29, 1.82) is 5.41 Å². The van der Waals surface area contributed by atoms with E-state index in [1.807, 2.05) is 24.3 Å². The molecular formula is C17H17BrN2O3. The maximum atomic E-state index is 11.6. The molecule has 0 saturated carbocycles. The Labute approximate surface area is 143 Å². The molecule has 0 fully saturated rings. The van der Waals surface area contributed by atoms with Crippen LogP contribution in [0.2, 0.25) is 0 Å². The van der Waals surface area contributed by atoms with Crippen molar-refractivity contribution < 1.29 is 14.3 Å². The molecule has 2 aromatic rings. The smallest absolute Gasteiger partial charge is 0.337 e.